The molecule has 20 heavy (non-hydrogen) atoms. The van der Waals surface area contributed by atoms with E-state index in [0.717, 1.165) is 12.8 Å². The van der Waals surface area contributed by atoms with E-state index in [-0.39, 0.29) is 30.7 Å². The van der Waals surface area contributed by atoms with Crippen LogP contribution in [0.4, 0.5) is 0 Å². The number of hydrogen-bond acceptors (Lipinski definition) is 5. The Labute approximate surface area is 119 Å². The summed E-state index contributed by atoms with van der Waals surface area (Å²) in [5.74, 6) is -0.348. The molecule has 2 rings (SSSR count). The molecule has 0 bridgehead atoms. The Balaban J connectivity index is 1.86. The first-order chi connectivity index (χ1) is 9.54. The third-order valence-electron chi connectivity index (χ3n) is 3.85. The van der Waals surface area contributed by atoms with Crippen LogP contribution in [0.2, 0.25) is 0 Å². The van der Waals surface area contributed by atoms with E-state index in [0.29, 0.717) is 32.8 Å². The normalized spacial score (nSPS) is 25.1. The highest BCUT2D eigenvalue weighted by Crippen LogP contribution is 2.18. The Kier molecular flexibility index (Phi) is 5.36. The maximum Gasteiger partial charge on any atom is 0.223 e. The van der Waals surface area contributed by atoms with Gasteiger partial charge in [0.2, 0.25) is 15.9 Å². The van der Waals surface area contributed by atoms with Gasteiger partial charge in [0.05, 0.1) is 31.6 Å². The molecule has 0 aromatic heterocycles. The van der Waals surface area contributed by atoms with Gasteiger partial charge in [-0.2, -0.15) is 4.31 Å². The number of likely N-dealkylation sites (tertiary alicyclic amines) is 1. The third-order valence-corrected chi connectivity index (χ3v) is 5.72. The fourth-order valence-corrected chi connectivity index (χ4v) is 4.06. The van der Waals surface area contributed by atoms with Crippen molar-refractivity contribution in [2.75, 3.05) is 45.2 Å². The summed E-state index contributed by atoms with van der Waals surface area (Å²) >= 11 is 0. The van der Waals surface area contributed by atoms with E-state index in [1.165, 1.54) is 4.31 Å². The minimum Gasteiger partial charge on any atom is -0.394 e. The lowest BCUT2D eigenvalue weighted by molar-refractivity contribution is -0.132. The van der Waals surface area contributed by atoms with Crippen molar-refractivity contribution in [3.63, 3.8) is 0 Å². The highest BCUT2D eigenvalue weighted by atomic mass is 32.2. The van der Waals surface area contributed by atoms with Crippen LogP contribution < -0.4 is 0 Å². The topological polar surface area (TPSA) is 87.2 Å². The van der Waals surface area contributed by atoms with Crippen LogP contribution in [-0.2, 0) is 19.6 Å². The summed E-state index contributed by atoms with van der Waals surface area (Å²) < 4.78 is 30.7. The molecule has 0 aromatic carbocycles. The van der Waals surface area contributed by atoms with Gasteiger partial charge in [-0.05, 0) is 12.8 Å². The zero-order valence-corrected chi connectivity index (χ0v) is 12.3. The monoisotopic (exact) mass is 306 g/mol. The molecule has 2 aliphatic rings. The second-order valence-corrected chi connectivity index (χ2v) is 7.23. The van der Waals surface area contributed by atoms with Crippen molar-refractivity contribution < 1.29 is 23.1 Å². The highest BCUT2D eigenvalue weighted by Gasteiger charge is 2.30. The second kappa shape index (κ2) is 6.84. The molecule has 1 atom stereocenters. The number of aliphatic hydroxyl groups excluding tert-OH is 1. The quantitative estimate of drug-likeness (QED) is 0.705. The molecule has 2 heterocycles. The summed E-state index contributed by atoms with van der Waals surface area (Å²) in [6.07, 6.45) is 1.64. The van der Waals surface area contributed by atoms with Crippen LogP contribution in [0.3, 0.4) is 0 Å². The van der Waals surface area contributed by atoms with Crippen molar-refractivity contribution in [2.24, 2.45) is 0 Å². The molecule has 0 spiro atoms. The summed E-state index contributed by atoms with van der Waals surface area (Å²) in [6.45, 7) is 2.10. The van der Waals surface area contributed by atoms with Gasteiger partial charge in [-0.25, -0.2) is 8.42 Å². The largest absolute Gasteiger partial charge is 0.394 e. The number of ether oxygens (including phenoxy) is 1. The molecule has 116 valence electrons. The molecule has 7 nitrogen and oxygen atoms in total. The SMILES string of the molecule is O=C(CCS(=O)(=O)N1CCOCC1)N1CCC[C@@H]1CO. The minimum atomic E-state index is -3.39. The van der Waals surface area contributed by atoms with Crippen LogP contribution >= 0.6 is 0 Å². The number of hydrogen-bond donors (Lipinski definition) is 1. The third kappa shape index (κ3) is 3.69. The maximum atomic E-state index is 12.1. The van der Waals surface area contributed by atoms with Gasteiger partial charge < -0.3 is 14.7 Å². The summed E-state index contributed by atoms with van der Waals surface area (Å²) in [7, 11) is -3.39. The predicted molar refractivity (Wildman–Crippen MR) is 72.6 cm³/mol. The maximum absolute atomic E-state index is 12.1. The number of amides is 1. The lowest BCUT2D eigenvalue weighted by Gasteiger charge is -2.27. The fourth-order valence-electron chi connectivity index (χ4n) is 2.67. The molecule has 1 amide bonds. The van der Waals surface area contributed by atoms with Crippen molar-refractivity contribution in [3.8, 4) is 0 Å². The van der Waals surface area contributed by atoms with Gasteiger partial charge >= 0.3 is 0 Å². The first-order valence-corrected chi connectivity index (χ1v) is 8.61. The molecule has 0 radical (unpaired) electrons. The summed E-state index contributed by atoms with van der Waals surface area (Å²) in [5.41, 5.74) is 0. The lowest BCUT2D eigenvalue weighted by atomic mass is 10.2. The standard InChI is InChI=1S/C12H22N2O5S/c15-10-11-2-1-4-14(11)12(16)3-9-20(17,18)13-5-7-19-8-6-13/h11,15H,1-10H2/t11-/m1/s1. The Morgan fingerprint density at radius 1 is 1.25 bits per heavy atom. The Morgan fingerprint density at radius 2 is 1.95 bits per heavy atom. The smallest absolute Gasteiger partial charge is 0.223 e. The predicted octanol–water partition coefficient (Wildman–Crippen LogP) is -0.978. The van der Waals surface area contributed by atoms with E-state index in [1.807, 2.05) is 0 Å². The summed E-state index contributed by atoms with van der Waals surface area (Å²) in [4.78, 5) is 13.7. The van der Waals surface area contributed by atoms with Crippen LogP contribution in [-0.4, -0.2) is 79.9 Å². The van der Waals surface area contributed by atoms with Gasteiger partial charge in [-0.3, -0.25) is 4.79 Å². The van der Waals surface area contributed by atoms with E-state index in [2.05, 4.69) is 0 Å². The molecule has 0 aliphatic carbocycles. The van der Waals surface area contributed by atoms with Gasteiger partial charge in [0.1, 0.15) is 0 Å². The van der Waals surface area contributed by atoms with Gasteiger partial charge in [0.25, 0.3) is 0 Å². The molecule has 2 saturated heterocycles. The van der Waals surface area contributed by atoms with Crippen LogP contribution in [0.5, 0.6) is 0 Å². The number of aliphatic hydroxyl groups is 1. The summed E-state index contributed by atoms with van der Waals surface area (Å²) in [5, 5.41) is 9.18. The highest BCUT2D eigenvalue weighted by molar-refractivity contribution is 7.89. The first kappa shape index (κ1) is 15.7. The van der Waals surface area contributed by atoms with E-state index in [9.17, 15) is 18.3 Å². The number of morpholine rings is 1. The van der Waals surface area contributed by atoms with Crippen LogP contribution in [0.25, 0.3) is 0 Å². The van der Waals surface area contributed by atoms with Crippen LogP contribution in [0, 0.1) is 0 Å². The van der Waals surface area contributed by atoms with Crippen molar-refractivity contribution >= 4 is 15.9 Å². The molecular formula is C12H22N2O5S. The number of nitrogens with zero attached hydrogens (tertiary/aromatic N) is 2. The zero-order valence-electron chi connectivity index (χ0n) is 11.5. The average molecular weight is 306 g/mol. The number of rotatable bonds is 5. The number of carbonyl (C=O) groups excluding carboxylic acids is 1. The van der Waals surface area contributed by atoms with E-state index in [4.69, 9.17) is 4.74 Å². The molecule has 2 fully saturated rings. The van der Waals surface area contributed by atoms with Gasteiger partial charge in [0.15, 0.2) is 0 Å². The number of sulfonamides is 1. The van der Waals surface area contributed by atoms with Crippen molar-refractivity contribution in [2.45, 2.75) is 25.3 Å². The minimum absolute atomic E-state index is 0.0177. The second-order valence-electron chi connectivity index (χ2n) is 5.14. The molecule has 0 saturated carbocycles. The van der Waals surface area contributed by atoms with E-state index in [1.54, 1.807) is 4.90 Å². The molecule has 0 aromatic rings. The Hall–Kier alpha value is -0.700. The molecule has 8 heteroatoms. The van der Waals surface area contributed by atoms with Crippen LogP contribution in [0.1, 0.15) is 19.3 Å². The lowest BCUT2D eigenvalue weighted by Crippen LogP contribution is -2.43. The van der Waals surface area contributed by atoms with Gasteiger partial charge in [-0.1, -0.05) is 0 Å². The van der Waals surface area contributed by atoms with E-state index < -0.39 is 10.0 Å². The first-order valence-electron chi connectivity index (χ1n) is 7.00. The molecule has 1 N–H and O–H groups in total. The van der Waals surface area contributed by atoms with Crippen molar-refractivity contribution in [3.05, 3.63) is 0 Å². The Morgan fingerprint density at radius 3 is 2.60 bits per heavy atom. The fraction of sp³-hybridized carbons (Fsp3) is 0.917. The number of carbonyl (C=O) groups is 1. The summed E-state index contributed by atoms with van der Waals surface area (Å²) in [6, 6.07) is -0.145. The van der Waals surface area contributed by atoms with Crippen molar-refractivity contribution in [1.82, 2.24) is 9.21 Å². The zero-order chi connectivity index (χ0) is 14.6. The van der Waals surface area contributed by atoms with Gasteiger partial charge in [0, 0.05) is 26.1 Å². The van der Waals surface area contributed by atoms with Crippen LogP contribution in [0.15, 0.2) is 0 Å². The van der Waals surface area contributed by atoms with Crippen molar-refractivity contribution in [1.29, 1.82) is 0 Å². The molecule has 2 aliphatic heterocycles. The average Bonchev–Trinajstić information content (AvgIpc) is 2.94. The van der Waals surface area contributed by atoms with E-state index >= 15 is 0 Å². The van der Waals surface area contributed by atoms with Gasteiger partial charge in [-0.15, -0.1) is 0 Å². The Bertz CT molecular complexity index is 433. The molecular weight excluding hydrogens is 284 g/mol. The molecule has 0 unspecified atom stereocenters.